The van der Waals surface area contributed by atoms with Crippen LogP contribution >= 0.6 is 0 Å². The van der Waals surface area contributed by atoms with Crippen molar-refractivity contribution < 1.29 is 23.4 Å². The Bertz CT molecular complexity index is 328. The zero-order valence-corrected chi connectivity index (χ0v) is 11.1. The van der Waals surface area contributed by atoms with Gasteiger partial charge in [-0.05, 0) is 19.3 Å². The minimum absolute atomic E-state index is 0.0638. The molecule has 2 rings (SSSR count). The predicted molar refractivity (Wildman–Crippen MR) is 64.9 cm³/mol. The third-order valence-electron chi connectivity index (χ3n) is 4.27. The van der Waals surface area contributed by atoms with Crippen molar-refractivity contribution in [3.63, 3.8) is 0 Å². The number of hydrogen-bond acceptors (Lipinski definition) is 3. The molecule has 6 heteroatoms. The minimum atomic E-state index is -2.62. The molecular formula is C13H21F2NO3. The van der Waals surface area contributed by atoms with Crippen molar-refractivity contribution in [3.8, 4) is 0 Å². The van der Waals surface area contributed by atoms with Gasteiger partial charge in [-0.3, -0.25) is 4.79 Å². The predicted octanol–water partition coefficient (Wildman–Crippen LogP) is 1.42. The van der Waals surface area contributed by atoms with Crippen molar-refractivity contribution in [2.24, 2.45) is 5.92 Å². The maximum atomic E-state index is 13.1. The number of nitrogens with zero attached hydrogens (tertiary/aromatic N) is 1. The molecule has 19 heavy (non-hydrogen) atoms. The lowest BCUT2D eigenvalue weighted by Crippen LogP contribution is -2.43. The van der Waals surface area contributed by atoms with E-state index in [0.29, 0.717) is 13.0 Å². The SMILES string of the molecule is CO[C@H]1C[C@@H](CO)N(C(=O)C2CCC(F)(F)CC2)C1. The average Bonchev–Trinajstić information content (AvgIpc) is 2.81. The topological polar surface area (TPSA) is 49.8 Å². The van der Waals surface area contributed by atoms with E-state index in [-0.39, 0.29) is 56.3 Å². The minimum Gasteiger partial charge on any atom is -0.394 e. The van der Waals surface area contributed by atoms with Gasteiger partial charge in [-0.15, -0.1) is 0 Å². The molecule has 110 valence electrons. The Labute approximate surface area is 111 Å². The number of carbonyl (C=O) groups is 1. The first kappa shape index (κ1) is 14.7. The van der Waals surface area contributed by atoms with E-state index in [2.05, 4.69) is 0 Å². The summed E-state index contributed by atoms with van der Waals surface area (Å²) in [4.78, 5) is 14.0. The van der Waals surface area contributed by atoms with Crippen LogP contribution in [-0.4, -0.2) is 54.2 Å². The number of aliphatic hydroxyl groups is 1. The zero-order chi connectivity index (χ0) is 14.0. The van der Waals surface area contributed by atoms with E-state index < -0.39 is 5.92 Å². The maximum Gasteiger partial charge on any atom is 0.248 e. The molecule has 0 bridgehead atoms. The fraction of sp³-hybridized carbons (Fsp3) is 0.923. The van der Waals surface area contributed by atoms with Crippen LogP contribution in [0.25, 0.3) is 0 Å². The van der Waals surface area contributed by atoms with Gasteiger partial charge in [0.05, 0.1) is 18.8 Å². The van der Waals surface area contributed by atoms with Gasteiger partial charge >= 0.3 is 0 Å². The number of hydrogen-bond donors (Lipinski definition) is 1. The quantitative estimate of drug-likeness (QED) is 0.849. The molecule has 0 aromatic rings. The van der Waals surface area contributed by atoms with E-state index in [1.165, 1.54) is 0 Å². The second-order valence-electron chi connectivity index (χ2n) is 5.55. The molecule has 0 unspecified atom stereocenters. The first-order valence-electron chi connectivity index (χ1n) is 6.79. The maximum absolute atomic E-state index is 13.1. The average molecular weight is 277 g/mol. The summed E-state index contributed by atoms with van der Waals surface area (Å²) < 4.78 is 31.4. The second kappa shape index (κ2) is 5.71. The summed E-state index contributed by atoms with van der Waals surface area (Å²) in [5.41, 5.74) is 0. The fourth-order valence-corrected chi connectivity index (χ4v) is 3.01. The highest BCUT2D eigenvalue weighted by molar-refractivity contribution is 5.79. The number of methoxy groups -OCH3 is 1. The van der Waals surface area contributed by atoms with E-state index in [1.54, 1.807) is 12.0 Å². The summed E-state index contributed by atoms with van der Waals surface area (Å²) in [5.74, 6) is -3.05. The van der Waals surface area contributed by atoms with Crippen LogP contribution in [0.2, 0.25) is 0 Å². The molecule has 2 atom stereocenters. The van der Waals surface area contributed by atoms with Crippen LogP contribution in [0.3, 0.4) is 0 Å². The third kappa shape index (κ3) is 3.23. The monoisotopic (exact) mass is 277 g/mol. The molecule has 1 aliphatic heterocycles. The summed E-state index contributed by atoms with van der Waals surface area (Å²) in [6.45, 7) is 0.349. The van der Waals surface area contributed by atoms with Crippen molar-refractivity contribution in [1.82, 2.24) is 4.90 Å². The summed E-state index contributed by atoms with van der Waals surface area (Å²) in [6, 6.07) is -0.236. The Morgan fingerprint density at radius 3 is 2.58 bits per heavy atom. The number of alkyl halides is 2. The Morgan fingerprint density at radius 1 is 1.42 bits per heavy atom. The van der Waals surface area contributed by atoms with Gasteiger partial charge in [-0.25, -0.2) is 8.78 Å². The van der Waals surface area contributed by atoms with E-state index in [9.17, 15) is 18.7 Å². The van der Waals surface area contributed by atoms with Crippen molar-refractivity contribution in [2.45, 2.75) is 50.2 Å². The molecule has 1 aliphatic carbocycles. The Kier molecular flexibility index (Phi) is 4.40. The van der Waals surface area contributed by atoms with Crippen LogP contribution in [0.15, 0.2) is 0 Å². The number of carbonyl (C=O) groups excluding carboxylic acids is 1. The molecule has 0 radical (unpaired) electrons. The third-order valence-corrected chi connectivity index (χ3v) is 4.27. The lowest BCUT2D eigenvalue weighted by atomic mass is 9.86. The molecule has 1 amide bonds. The summed E-state index contributed by atoms with van der Waals surface area (Å²) in [7, 11) is 1.58. The summed E-state index contributed by atoms with van der Waals surface area (Å²) in [6.07, 6.45) is 0.590. The number of halogens is 2. The van der Waals surface area contributed by atoms with Crippen LogP contribution in [0, 0.1) is 5.92 Å². The van der Waals surface area contributed by atoms with Crippen molar-refractivity contribution in [3.05, 3.63) is 0 Å². The largest absolute Gasteiger partial charge is 0.394 e. The van der Waals surface area contributed by atoms with Gasteiger partial charge in [0.2, 0.25) is 11.8 Å². The smallest absolute Gasteiger partial charge is 0.248 e. The van der Waals surface area contributed by atoms with Crippen molar-refractivity contribution >= 4 is 5.91 Å². The first-order valence-corrected chi connectivity index (χ1v) is 6.79. The number of rotatable bonds is 3. The van der Waals surface area contributed by atoms with Gasteiger partial charge in [0.15, 0.2) is 0 Å². The van der Waals surface area contributed by atoms with Gasteiger partial charge < -0.3 is 14.7 Å². The van der Waals surface area contributed by atoms with Gasteiger partial charge in [0.25, 0.3) is 0 Å². The van der Waals surface area contributed by atoms with Gasteiger partial charge in [-0.2, -0.15) is 0 Å². The standard InChI is InChI=1S/C13H21F2NO3/c1-19-11-6-10(8-17)16(7-11)12(18)9-2-4-13(14,15)5-3-9/h9-11,17H,2-8H2,1H3/t10-,11-/m0/s1. The summed E-state index contributed by atoms with van der Waals surface area (Å²) >= 11 is 0. The lowest BCUT2D eigenvalue weighted by molar-refractivity contribution is -0.141. The second-order valence-corrected chi connectivity index (χ2v) is 5.55. The number of amides is 1. The first-order chi connectivity index (χ1) is 8.96. The molecule has 2 fully saturated rings. The van der Waals surface area contributed by atoms with Crippen LogP contribution in [0.1, 0.15) is 32.1 Å². The zero-order valence-electron chi connectivity index (χ0n) is 11.1. The fourth-order valence-electron chi connectivity index (χ4n) is 3.01. The number of aliphatic hydroxyl groups excluding tert-OH is 1. The molecule has 0 spiro atoms. The molecule has 1 saturated heterocycles. The van der Waals surface area contributed by atoms with Crippen LogP contribution in [0.4, 0.5) is 8.78 Å². The van der Waals surface area contributed by atoms with Gasteiger partial charge in [-0.1, -0.05) is 0 Å². The normalized spacial score (nSPS) is 31.7. The number of likely N-dealkylation sites (tertiary alicyclic amines) is 1. The Hall–Kier alpha value is -0.750. The van der Waals surface area contributed by atoms with Crippen molar-refractivity contribution in [2.75, 3.05) is 20.3 Å². The molecule has 1 N–H and O–H groups in total. The van der Waals surface area contributed by atoms with Crippen LogP contribution < -0.4 is 0 Å². The van der Waals surface area contributed by atoms with Crippen LogP contribution in [-0.2, 0) is 9.53 Å². The van der Waals surface area contributed by atoms with E-state index in [1.807, 2.05) is 0 Å². The number of ether oxygens (including phenoxy) is 1. The molecular weight excluding hydrogens is 256 g/mol. The highest BCUT2D eigenvalue weighted by Crippen LogP contribution is 2.37. The Balaban J connectivity index is 1.96. The van der Waals surface area contributed by atoms with Gasteiger partial charge in [0, 0.05) is 32.4 Å². The molecule has 2 aliphatic rings. The molecule has 0 aromatic carbocycles. The molecule has 4 nitrogen and oxygen atoms in total. The Morgan fingerprint density at radius 2 is 2.05 bits per heavy atom. The van der Waals surface area contributed by atoms with E-state index in [4.69, 9.17) is 4.74 Å². The van der Waals surface area contributed by atoms with Crippen molar-refractivity contribution in [1.29, 1.82) is 0 Å². The lowest BCUT2D eigenvalue weighted by Gasteiger charge is -2.32. The molecule has 0 aromatic heterocycles. The van der Waals surface area contributed by atoms with E-state index in [0.717, 1.165) is 0 Å². The highest BCUT2D eigenvalue weighted by Gasteiger charge is 2.42. The summed E-state index contributed by atoms with van der Waals surface area (Å²) in [5, 5.41) is 9.31. The molecule has 1 heterocycles. The highest BCUT2D eigenvalue weighted by atomic mass is 19.3. The molecule has 1 saturated carbocycles. The van der Waals surface area contributed by atoms with Gasteiger partial charge in [0.1, 0.15) is 0 Å². The van der Waals surface area contributed by atoms with E-state index >= 15 is 0 Å². The van der Waals surface area contributed by atoms with Crippen LogP contribution in [0.5, 0.6) is 0 Å².